The normalized spacial score (nSPS) is 18.6. The lowest BCUT2D eigenvalue weighted by molar-refractivity contribution is -0.384. The lowest BCUT2D eigenvalue weighted by Crippen LogP contribution is -2.42. The number of morpholine rings is 1. The van der Waals surface area contributed by atoms with Gasteiger partial charge in [0, 0.05) is 35.3 Å². The Bertz CT molecular complexity index is 914. The third kappa shape index (κ3) is 3.99. The first kappa shape index (κ1) is 19.1. The molecule has 26 heavy (non-hydrogen) atoms. The number of hydrogen-bond donors (Lipinski definition) is 0. The van der Waals surface area contributed by atoms with E-state index in [1.807, 2.05) is 0 Å². The lowest BCUT2D eigenvalue weighted by Gasteiger charge is -2.32. The zero-order chi connectivity index (χ0) is 18.9. The highest BCUT2D eigenvalue weighted by Gasteiger charge is 2.32. The predicted molar refractivity (Wildman–Crippen MR) is 97.0 cm³/mol. The van der Waals surface area contributed by atoms with Gasteiger partial charge >= 0.3 is 0 Å². The van der Waals surface area contributed by atoms with Crippen molar-refractivity contribution in [3.05, 3.63) is 68.2 Å². The van der Waals surface area contributed by atoms with E-state index in [-0.39, 0.29) is 30.3 Å². The monoisotopic (exact) mass is 416 g/mol. The molecule has 10 heteroatoms. The summed E-state index contributed by atoms with van der Waals surface area (Å²) in [6.07, 6.45) is -0.507. The fourth-order valence-electron chi connectivity index (χ4n) is 2.70. The quantitative estimate of drug-likeness (QED) is 0.560. The van der Waals surface area contributed by atoms with Gasteiger partial charge in [0.2, 0.25) is 10.0 Å². The number of nitrogens with zero attached hydrogens (tertiary/aromatic N) is 2. The molecule has 1 atom stereocenters. The van der Waals surface area contributed by atoms with E-state index in [0.29, 0.717) is 15.6 Å². The largest absolute Gasteiger partial charge is 0.371 e. The smallest absolute Gasteiger partial charge is 0.269 e. The second-order valence-electron chi connectivity index (χ2n) is 5.68. The summed E-state index contributed by atoms with van der Waals surface area (Å²) in [4.78, 5) is 10.1. The Morgan fingerprint density at radius 2 is 1.73 bits per heavy atom. The summed E-state index contributed by atoms with van der Waals surface area (Å²) in [5.74, 6) is 0. The summed E-state index contributed by atoms with van der Waals surface area (Å²) in [6, 6.07) is 9.74. The van der Waals surface area contributed by atoms with Crippen LogP contribution in [0.3, 0.4) is 0 Å². The summed E-state index contributed by atoms with van der Waals surface area (Å²) < 4.78 is 32.6. The van der Waals surface area contributed by atoms with E-state index in [0.717, 1.165) is 0 Å². The van der Waals surface area contributed by atoms with E-state index >= 15 is 0 Å². The highest BCUT2D eigenvalue weighted by atomic mass is 35.5. The predicted octanol–water partition coefficient (Wildman–Crippen LogP) is 3.66. The zero-order valence-electron chi connectivity index (χ0n) is 13.3. The molecule has 1 aliphatic heterocycles. The fraction of sp³-hybridized carbons (Fsp3) is 0.250. The molecule has 3 rings (SSSR count). The number of non-ortho nitro benzene ring substituents is 1. The fourth-order valence-corrected chi connectivity index (χ4v) is 4.66. The van der Waals surface area contributed by atoms with Crippen LogP contribution in [0.2, 0.25) is 10.0 Å². The molecule has 0 aromatic heterocycles. The molecule has 1 unspecified atom stereocenters. The van der Waals surface area contributed by atoms with E-state index in [1.165, 1.54) is 28.6 Å². The highest BCUT2D eigenvalue weighted by Crippen LogP contribution is 2.30. The van der Waals surface area contributed by atoms with E-state index in [2.05, 4.69) is 0 Å². The van der Waals surface area contributed by atoms with E-state index in [4.69, 9.17) is 27.9 Å². The van der Waals surface area contributed by atoms with Gasteiger partial charge in [-0.3, -0.25) is 10.1 Å². The number of sulfonamides is 1. The first-order valence-corrected chi connectivity index (χ1v) is 9.79. The average molecular weight is 417 g/mol. The Hall–Kier alpha value is -1.71. The molecule has 1 aliphatic rings. The minimum atomic E-state index is -3.80. The summed E-state index contributed by atoms with van der Waals surface area (Å²) in [5.41, 5.74) is 0.517. The summed E-state index contributed by atoms with van der Waals surface area (Å²) in [6.45, 7) is 0.487. The Morgan fingerprint density at radius 1 is 1.12 bits per heavy atom. The minimum Gasteiger partial charge on any atom is -0.371 e. The van der Waals surface area contributed by atoms with Crippen molar-refractivity contribution in [3.63, 3.8) is 0 Å². The van der Waals surface area contributed by atoms with Crippen LogP contribution in [-0.4, -0.2) is 37.3 Å². The van der Waals surface area contributed by atoms with Crippen LogP contribution in [0.4, 0.5) is 5.69 Å². The van der Waals surface area contributed by atoms with Gasteiger partial charge in [0.15, 0.2) is 0 Å². The lowest BCUT2D eigenvalue weighted by atomic mass is 10.1. The van der Waals surface area contributed by atoms with Crippen molar-refractivity contribution in [2.75, 3.05) is 19.7 Å². The second-order valence-corrected chi connectivity index (χ2v) is 8.49. The molecule has 0 radical (unpaired) electrons. The Kier molecular flexibility index (Phi) is 5.50. The molecule has 7 nitrogen and oxygen atoms in total. The summed E-state index contributed by atoms with van der Waals surface area (Å²) >= 11 is 12.0. The molecular weight excluding hydrogens is 403 g/mol. The van der Waals surface area contributed by atoms with Gasteiger partial charge < -0.3 is 4.74 Å². The van der Waals surface area contributed by atoms with E-state index in [1.54, 1.807) is 18.2 Å². The van der Waals surface area contributed by atoms with Crippen LogP contribution in [-0.2, 0) is 14.8 Å². The van der Waals surface area contributed by atoms with Crippen LogP contribution in [0.25, 0.3) is 0 Å². The molecule has 0 aliphatic carbocycles. The topological polar surface area (TPSA) is 89.8 Å². The molecule has 0 bridgehead atoms. The van der Waals surface area contributed by atoms with Crippen molar-refractivity contribution in [2.24, 2.45) is 0 Å². The number of ether oxygens (including phenoxy) is 1. The van der Waals surface area contributed by atoms with Crippen LogP contribution < -0.4 is 0 Å². The molecule has 0 N–H and O–H groups in total. The van der Waals surface area contributed by atoms with Gasteiger partial charge in [-0.2, -0.15) is 4.31 Å². The molecular formula is C16H14Cl2N2O5S. The third-order valence-corrected chi connectivity index (χ3v) is 6.29. The number of benzene rings is 2. The van der Waals surface area contributed by atoms with Crippen molar-refractivity contribution in [1.82, 2.24) is 4.31 Å². The van der Waals surface area contributed by atoms with Crippen LogP contribution in [0.15, 0.2) is 47.4 Å². The maximum atomic E-state index is 12.8. The van der Waals surface area contributed by atoms with Gasteiger partial charge in [0.1, 0.15) is 0 Å². The standard InChI is InChI=1S/C16H14Cl2N2O5S/c17-12-7-11(8-13(18)9-12)16-10-19(5-6-25-16)26(23,24)15-3-1-14(2-4-15)20(21)22/h1-4,7-9,16H,5-6,10H2. The molecule has 0 spiro atoms. The Morgan fingerprint density at radius 3 is 2.31 bits per heavy atom. The maximum absolute atomic E-state index is 12.8. The molecule has 0 saturated carbocycles. The molecule has 0 amide bonds. The SMILES string of the molecule is O=[N+]([O-])c1ccc(S(=O)(=O)N2CCOC(c3cc(Cl)cc(Cl)c3)C2)cc1. The van der Waals surface area contributed by atoms with Crippen molar-refractivity contribution in [3.8, 4) is 0 Å². The number of nitro groups is 1. The van der Waals surface area contributed by atoms with Crippen molar-refractivity contribution in [2.45, 2.75) is 11.0 Å². The van der Waals surface area contributed by atoms with Gasteiger partial charge in [-0.25, -0.2) is 8.42 Å². The molecule has 1 saturated heterocycles. The Balaban J connectivity index is 1.84. The number of halogens is 2. The molecule has 1 fully saturated rings. The highest BCUT2D eigenvalue weighted by molar-refractivity contribution is 7.89. The summed E-state index contributed by atoms with van der Waals surface area (Å²) in [5, 5.41) is 11.6. The average Bonchev–Trinajstić information content (AvgIpc) is 2.61. The van der Waals surface area contributed by atoms with Gasteiger partial charge in [-0.1, -0.05) is 23.2 Å². The Labute approximate surface area is 160 Å². The van der Waals surface area contributed by atoms with Crippen molar-refractivity contribution < 1.29 is 18.1 Å². The molecule has 2 aromatic rings. The van der Waals surface area contributed by atoms with Crippen LogP contribution in [0.5, 0.6) is 0 Å². The number of hydrogen-bond acceptors (Lipinski definition) is 5. The first-order valence-electron chi connectivity index (χ1n) is 7.59. The van der Waals surface area contributed by atoms with Gasteiger partial charge in [-0.15, -0.1) is 0 Å². The van der Waals surface area contributed by atoms with Gasteiger partial charge in [-0.05, 0) is 35.9 Å². The first-order chi connectivity index (χ1) is 12.3. The van der Waals surface area contributed by atoms with Crippen molar-refractivity contribution >= 4 is 38.9 Å². The van der Waals surface area contributed by atoms with Gasteiger partial charge in [0.25, 0.3) is 5.69 Å². The molecule has 2 aromatic carbocycles. The minimum absolute atomic E-state index is 0.00660. The molecule has 138 valence electrons. The van der Waals surface area contributed by atoms with Crippen LogP contribution in [0.1, 0.15) is 11.7 Å². The maximum Gasteiger partial charge on any atom is 0.269 e. The second kappa shape index (κ2) is 7.50. The number of nitro benzene ring substituents is 1. The van der Waals surface area contributed by atoms with E-state index < -0.39 is 21.1 Å². The molecule has 1 heterocycles. The van der Waals surface area contributed by atoms with E-state index in [9.17, 15) is 18.5 Å². The van der Waals surface area contributed by atoms with Crippen molar-refractivity contribution in [1.29, 1.82) is 0 Å². The van der Waals surface area contributed by atoms with Crippen LogP contribution in [0, 0.1) is 10.1 Å². The number of rotatable bonds is 4. The third-order valence-electron chi connectivity index (χ3n) is 3.97. The van der Waals surface area contributed by atoms with Gasteiger partial charge in [0.05, 0.1) is 22.5 Å². The van der Waals surface area contributed by atoms with Crippen LogP contribution >= 0.6 is 23.2 Å². The summed E-state index contributed by atoms with van der Waals surface area (Å²) in [7, 11) is -3.80. The zero-order valence-corrected chi connectivity index (χ0v) is 15.7.